The Kier molecular flexibility index (Phi) is 4.54. The standard InChI is InChI=1S/C14H17NO4S/c1-20(19)11-7-5-10(6-8-11)13(16)15-9-3-2-4-12(15)14(17)18/h5-8,12H,2-4,9H2,1H3,(H,17,18)/t12-,20-/m1/s1. The Morgan fingerprint density at radius 2 is 1.90 bits per heavy atom. The molecule has 0 spiro atoms. The van der Waals surface area contributed by atoms with Gasteiger partial charge >= 0.3 is 5.97 Å². The van der Waals surface area contributed by atoms with Crippen LogP contribution in [0.25, 0.3) is 0 Å². The maximum Gasteiger partial charge on any atom is 0.326 e. The molecule has 0 aromatic heterocycles. The summed E-state index contributed by atoms with van der Waals surface area (Å²) >= 11 is 0. The highest BCUT2D eigenvalue weighted by molar-refractivity contribution is 7.84. The lowest BCUT2D eigenvalue weighted by atomic mass is 10.0. The molecule has 5 nitrogen and oxygen atoms in total. The quantitative estimate of drug-likeness (QED) is 0.917. The van der Waals surface area contributed by atoms with Crippen LogP contribution < -0.4 is 0 Å². The number of carbonyl (C=O) groups excluding carboxylic acids is 1. The molecule has 1 N–H and O–H groups in total. The van der Waals surface area contributed by atoms with Crippen molar-refractivity contribution in [2.45, 2.75) is 30.2 Å². The maximum atomic E-state index is 12.4. The SMILES string of the molecule is C[S@@](=O)c1ccc(C(=O)N2CCCC[C@@H]2C(=O)O)cc1. The molecule has 1 aromatic rings. The topological polar surface area (TPSA) is 74.7 Å². The van der Waals surface area contributed by atoms with E-state index in [0.29, 0.717) is 23.4 Å². The Morgan fingerprint density at radius 3 is 2.45 bits per heavy atom. The van der Waals surface area contributed by atoms with Gasteiger partial charge in [-0.05, 0) is 43.5 Å². The number of benzene rings is 1. The molecule has 0 aliphatic carbocycles. The zero-order valence-electron chi connectivity index (χ0n) is 11.2. The van der Waals surface area contributed by atoms with Gasteiger partial charge in [-0.25, -0.2) is 4.79 Å². The third-order valence-corrected chi connectivity index (χ3v) is 4.42. The molecular weight excluding hydrogens is 278 g/mol. The second-order valence-corrected chi connectivity index (χ2v) is 6.21. The van der Waals surface area contributed by atoms with Gasteiger partial charge in [-0.2, -0.15) is 0 Å². The summed E-state index contributed by atoms with van der Waals surface area (Å²) in [4.78, 5) is 25.7. The highest BCUT2D eigenvalue weighted by atomic mass is 32.2. The van der Waals surface area contributed by atoms with E-state index in [-0.39, 0.29) is 5.91 Å². The number of carboxylic acids is 1. The summed E-state index contributed by atoms with van der Waals surface area (Å²) in [5.74, 6) is -1.23. The molecule has 0 saturated carbocycles. The van der Waals surface area contributed by atoms with Crippen molar-refractivity contribution in [3.05, 3.63) is 29.8 Å². The Bertz CT molecular complexity index is 541. The van der Waals surface area contributed by atoms with Crippen LogP contribution in [0.4, 0.5) is 0 Å². The Balaban J connectivity index is 2.20. The van der Waals surface area contributed by atoms with Crippen LogP contribution in [0.3, 0.4) is 0 Å². The minimum atomic E-state index is -1.09. The number of aliphatic carboxylic acids is 1. The zero-order chi connectivity index (χ0) is 14.7. The van der Waals surface area contributed by atoms with E-state index in [1.54, 1.807) is 30.5 Å². The first kappa shape index (κ1) is 14.7. The number of carboxylic acid groups (broad SMARTS) is 1. The number of rotatable bonds is 3. The van der Waals surface area contributed by atoms with Crippen LogP contribution in [0.2, 0.25) is 0 Å². The van der Waals surface area contributed by atoms with Crippen molar-refractivity contribution >= 4 is 22.7 Å². The predicted molar refractivity (Wildman–Crippen MR) is 75.1 cm³/mol. The van der Waals surface area contributed by atoms with Gasteiger partial charge in [0, 0.05) is 34.1 Å². The van der Waals surface area contributed by atoms with Crippen molar-refractivity contribution in [2.75, 3.05) is 12.8 Å². The van der Waals surface area contributed by atoms with Crippen molar-refractivity contribution in [3.63, 3.8) is 0 Å². The van der Waals surface area contributed by atoms with Crippen LogP contribution >= 0.6 is 0 Å². The van der Waals surface area contributed by atoms with Gasteiger partial charge < -0.3 is 10.0 Å². The summed E-state index contributed by atoms with van der Waals surface area (Å²) in [6.07, 6.45) is 3.72. The lowest BCUT2D eigenvalue weighted by molar-refractivity contribution is -0.143. The van der Waals surface area contributed by atoms with Gasteiger partial charge in [-0.1, -0.05) is 0 Å². The summed E-state index contributed by atoms with van der Waals surface area (Å²) in [7, 11) is -1.09. The summed E-state index contributed by atoms with van der Waals surface area (Å²) in [6.45, 7) is 0.470. The van der Waals surface area contributed by atoms with E-state index in [9.17, 15) is 18.9 Å². The van der Waals surface area contributed by atoms with Crippen LogP contribution in [-0.4, -0.2) is 44.9 Å². The lowest BCUT2D eigenvalue weighted by Crippen LogP contribution is -2.47. The van der Waals surface area contributed by atoms with Crippen molar-refractivity contribution < 1.29 is 18.9 Å². The summed E-state index contributed by atoms with van der Waals surface area (Å²) < 4.78 is 11.3. The molecule has 108 valence electrons. The number of likely N-dealkylation sites (tertiary alicyclic amines) is 1. The predicted octanol–water partition coefficient (Wildman–Crippen LogP) is 1.50. The number of hydrogen-bond acceptors (Lipinski definition) is 3. The molecule has 1 aromatic carbocycles. The Hall–Kier alpha value is -1.69. The zero-order valence-corrected chi connectivity index (χ0v) is 12.1. The average Bonchev–Trinajstić information content (AvgIpc) is 2.46. The molecule has 0 bridgehead atoms. The molecule has 1 heterocycles. The first-order valence-corrected chi connectivity index (χ1v) is 8.04. The monoisotopic (exact) mass is 295 g/mol. The van der Waals surface area contributed by atoms with Gasteiger partial charge in [-0.15, -0.1) is 0 Å². The molecule has 2 atom stereocenters. The Morgan fingerprint density at radius 1 is 1.25 bits per heavy atom. The molecule has 1 fully saturated rings. The maximum absolute atomic E-state index is 12.4. The fraction of sp³-hybridized carbons (Fsp3) is 0.429. The number of carbonyl (C=O) groups is 2. The van der Waals surface area contributed by atoms with Crippen molar-refractivity contribution in [1.29, 1.82) is 0 Å². The molecule has 1 aliphatic heterocycles. The highest BCUT2D eigenvalue weighted by Gasteiger charge is 2.32. The minimum Gasteiger partial charge on any atom is -0.480 e. The summed E-state index contributed by atoms with van der Waals surface area (Å²) in [5, 5.41) is 9.19. The smallest absolute Gasteiger partial charge is 0.326 e. The molecule has 1 aliphatic rings. The summed E-state index contributed by atoms with van der Waals surface area (Å²) in [5.41, 5.74) is 0.437. The van der Waals surface area contributed by atoms with E-state index in [0.717, 1.165) is 12.8 Å². The number of amides is 1. The van der Waals surface area contributed by atoms with Crippen molar-refractivity contribution in [1.82, 2.24) is 4.90 Å². The second kappa shape index (κ2) is 6.17. The van der Waals surface area contributed by atoms with E-state index in [2.05, 4.69) is 0 Å². The van der Waals surface area contributed by atoms with Crippen molar-refractivity contribution in [2.24, 2.45) is 0 Å². The number of hydrogen-bond donors (Lipinski definition) is 1. The fourth-order valence-corrected chi connectivity index (χ4v) is 2.91. The van der Waals surface area contributed by atoms with Gasteiger partial charge in [0.1, 0.15) is 6.04 Å². The van der Waals surface area contributed by atoms with E-state index in [1.807, 2.05) is 0 Å². The highest BCUT2D eigenvalue weighted by Crippen LogP contribution is 2.20. The van der Waals surface area contributed by atoms with E-state index in [1.165, 1.54) is 4.90 Å². The third-order valence-electron chi connectivity index (χ3n) is 3.48. The van der Waals surface area contributed by atoms with Crippen LogP contribution in [0, 0.1) is 0 Å². The molecule has 1 amide bonds. The Labute approximate surface area is 120 Å². The third kappa shape index (κ3) is 3.07. The van der Waals surface area contributed by atoms with E-state index in [4.69, 9.17) is 0 Å². The van der Waals surface area contributed by atoms with Gasteiger partial charge in [-0.3, -0.25) is 9.00 Å². The van der Waals surface area contributed by atoms with Gasteiger partial charge in [0.15, 0.2) is 0 Å². The van der Waals surface area contributed by atoms with E-state index >= 15 is 0 Å². The number of piperidine rings is 1. The minimum absolute atomic E-state index is 0.273. The molecule has 1 saturated heterocycles. The molecular formula is C14H17NO4S. The fourth-order valence-electron chi connectivity index (χ4n) is 2.39. The first-order chi connectivity index (χ1) is 9.50. The van der Waals surface area contributed by atoms with E-state index < -0.39 is 22.8 Å². The van der Waals surface area contributed by atoms with Gasteiger partial charge in [0.25, 0.3) is 5.91 Å². The van der Waals surface area contributed by atoms with Crippen LogP contribution in [0.1, 0.15) is 29.6 Å². The molecule has 20 heavy (non-hydrogen) atoms. The average molecular weight is 295 g/mol. The second-order valence-electron chi connectivity index (χ2n) is 4.83. The van der Waals surface area contributed by atoms with Crippen LogP contribution in [0.5, 0.6) is 0 Å². The van der Waals surface area contributed by atoms with Crippen LogP contribution in [-0.2, 0) is 15.6 Å². The van der Waals surface area contributed by atoms with Crippen molar-refractivity contribution in [3.8, 4) is 0 Å². The van der Waals surface area contributed by atoms with Crippen LogP contribution in [0.15, 0.2) is 29.2 Å². The normalized spacial score (nSPS) is 20.4. The van der Waals surface area contributed by atoms with Gasteiger partial charge in [0.05, 0.1) is 0 Å². The lowest BCUT2D eigenvalue weighted by Gasteiger charge is -2.33. The summed E-state index contributed by atoms with van der Waals surface area (Å²) in [6, 6.07) is 5.75. The van der Waals surface area contributed by atoms with Gasteiger partial charge in [0.2, 0.25) is 0 Å². The molecule has 0 radical (unpaired) electrons. The molecule has 0 unspecified atom stereocenters. The first-order valence-electron chi connectivity index (χ1n) is 6.48. The molecule has 6 heteroatoms. The largest absolute Gasteiger partial charge is 0.480 e. The molecule has 2 rings (SSSR count). The number of nitrogens with zero attached hydrogens (tertiary/aromatic N) is 1.